The Kier molecular flexibility index (Phi) is 6.57. The number of hydrogen-bond acceptors (Lipinski definition) is 5. The average Bonchev–Trinajstić information content (AvgIpc) is 2.75. The minimum absolute atomic E-state index is 0.226. The van der Waals surface area contributed by atoms with Crippen molar-refractivity contribution >= 4 is 23.0 Å². The van der Waals surface area contributed by atoms with Crippen molar-refractivity contribution in [1.29, 1.82) is 0 Å². The highest BCUT2D eigenvalue weighted by Crippen LogP contribution is 2.18. The van der Waals surface area contributed by atoms with Crippen LogP contribution in [0.4, 0.5) is 17.1 Å². The number of aromatic nitrogens is 2. The number of hydrogen-bond donors (Lipinski definition) is 2. The van der Waals surface area contributed by atoms with E-state index < -0.39 is 0 Å². The summed E-state index contributed by atoms with van der Waals surface area (Å²) in [5.41, 5.74) is 4.26. The Labute approximate surface area is 165 Å². The van der Waals surface area contributed by atoms with Crippen LogP contribution < -0.4 is 15.5 Å². The summed E-state index contributed by atoms with van der Waals surface area (Å²) < 4.78 is 0. The van der Waals surface area contributed by atoms with Gasteiger partial charge in [0.2, 0.25) is 0 Å². The molecule has 0 atom stereocenters. The van der Waals surface area contributed by atoms with Gasteiger partial charge in [0, 0.05) is 43.4 Å². The lowest BCUT2D eigenvalue weighted by atomic mass is 10.2. The van der Waals surface area contributed by atoms with Crippen LogP contribution in [0, 0.1) is 0 Å². The highest BCUT2D eigenvalue weighted by Gasteiger charge is 2.08. The van der Waals surface area contributed by atoms with Gasteiger partial charge in [0.25, 0.3) is 5.91 Å². The summed E-state index contributed by atoms with van der Waals surface area (Å²) in [6.07, 6.45) is 5.19. The zero-order valence-electron chi connectivity index (χ0n) is 16.2. The number of carbonyl (C=O) groups excluding carboxylic acids is 1. The summed E-state index contributed by atoms with van der Waals surface area (Å²) >= 11 is 0. The number of nitrogens with one attached hydrogen (secondary N) is 2. The number of rotatable bonds is 8. The summed E-state index contributed by atoms with van der Waals surface area (Å²) in [4.78, 5) is 22.9. The standard InChI is InChI=1S/C22H25N5O/c1-3-27(4-2)20-8-5-18(6-9-20)26-22(28)21-10-7-19(16-25-21)24-15-17-11-13-23-14-12-17/h5-14,16,24H,3-4,15H2,1-2H3,(H,26,28). The maximum Gasteiger partial charge on any atom is 0.274 e. The summed E-state index contributed by atoms with van der Waals surface area (Å²) in [5, 5.41) is 6.17. The highest BCUT2D eigenvalue weighted by atomic mass is 16.1. The molecule has 0 saturated carbocycles. The van der Waals surface area contributed by atoms with Gasteiger partial charge in [-0.3, -0.25) is 9.78 Å². The van der Waals surface area contributed by atoms with E-state index in [1.165, 1.54) is 0 Å². The fourth-order valence-corrected chi connectivity index (χ4v) is 2.88. The van der Waals surface area contributed by atoms with E-state index in [9.17, 15) is 4.79 Å². The first-order valence-corrected chi connectivity index (χ1v) is 9.44. The Morgan fingerprint density at radius 1 is 0.929 bits per heavy atom. The van der Waals surface area contributed by atoms with Crippen LogP contribution in [0.15, 0.2) is 67.1 Å². The Balaban J connectivity index is 1.57. The second-order valence-electron chi connectivity index (χ2n) is 6.31. The molecule has 0 radical (unpaired) electrons. The van der Waals surface area contributed by atoms with Gasteiger partial charge < -0.3 is 15.5 Å². The molecule has 1 amide bonds. The molecule has 2 N–H and O–H groups in total. The smallest absolute Gasteiger partial charge is 0.274 e. The molecular formula is C22H25N5O. The molecule has 6 heteroatoms. The van der Waals surface area contributed by atoms with Crippen LogP contribution in [-0.2, 0) is 6.54 Å². The molecule has 0 fully saturated rings. The topological polar surface area (TPSA) is 70.2 Å². The third-order valence-corrected chi connectivity index (χ3v) is 4.50. The van der Waals surface area contributed by atoms with E-state index in [2.05, 4.69) is 39.3 Å². The Morgan fingerprint density at radius 2 is 1.61 bits per heavy atom. The first kappa shape index (κ1) is 19.4. The zero-order valence-corrected chi connectivity index (χ0v) is 16.2. The van der Waals surface area contributed by atoms with Gasteiger partial charge in [-0.05, 0) is 67.9 Å². The average molecular weight is 375 g/mol. The van der Waals surface area contributed by atoms with Crippen LogP contribution in [0.5, 0.6) is 0 Å². The molecule has 3 rings (SSSR count). The van der Waals surface area contributed by atoms with Gasteiger partial charge in [-0.2, -0.15) is 0 Å². The van der Waals surface area contributed by atoms with Gasteiger partial charge in [0.05, 0.1) is 11.9 Å². The van der Waals surface area contributed by atoms with Gasteiger partial charge in [-0.25, -0.2) is 4.98 Å². The van der Waals surface area contributed by atoms with E-state index in [4.69, 9.17) is 0 Å². The number of anilines is 3. The molecule has 0 bridgehead atoms. The second-order valence-corrected chi connectivity index (χ2v) is 6.31. The van der Waals surface area contributed by atoms with E-state index in [1.54, 1.807) is 24.7 Å². The van der Waals surface area contributed by atoms with E-state index in [-0.39, 0.29) is 5.91 Å². The van der Waals surface area contributed by atoms with Crippen LogP contribution in [0.25, 0.3) is 0 Å². The molecule has 0 aliphatic carbocycles. The largest absolute Gasteiger partial charge is 0.380 e. The maximum absolute atomic E-state index is 12.4. The summed E-state index contributed by atoms with van der Waals surface area (Å²) in [6.45, 7) is 6.83. The fraction of sp³-hybridized carbons (Fsp3) is 0.227. The molecule has 2 aromatic heterocycles. The predicted octanol–water partition coefficient (Wildman–Crippen LogP) is 4.19. The summed E-state index contributed by atoms with van der Waals surface area (Å²) in [5.74, 6) is -0.226. The number of amides is 1. The lowest BCUT2D eigenvalue weighted by molar-refractivity contribution is 0.102. The third kappa shape index (κ3) is 5.07. The molecule has 0 spiro atoms. The van der Waals surface area contributed by atoms with Crippen molar-refractivity contribution in [3.8, 4) is 0 Å². The van der Waals surface area contributed by atoms with Crippen LogP contribution in [0.1, 0.15) is 29.9 Å². The number of pyridine rings is 2. The molecule has 0 aliphatic rings. The summed E-state index contributed by atoms with van der Waals surface area (Å²) in [6, 6.07) is 15.3. The fourth-order valence-electron chi connectivity index (χ4n) is 2.88. The minimum Gasteiger partial charge on any atom is -0.380 e. The molecule has 144 valence electrons. The molecule has 0 saturated heterocycles. The minimum atomic E-state index is -0.226. The first-order chi connectivity index (χ1) is 13.7. The van der Waals surface area contributed by atoms with Crippen LogP contribution in [0.3, 0.4) is 0 Å². The van der Waals surface area contributed by atoms with E-state index in [0.29, 0.717) is 12.2 Å². The SMILES string of the molecule is CCN(CC)c1ccc(NC(=O)c2ccc(NCc3ccncc3)cn2)cc1. The number of benzene rings is 1. The second kappa shape index (κ2) is 9.50. The van der Waals surface area contributed by atoms with Gasteiger partial charge in [-0.15, -0.1) is 0 Å². The van der Waals surface area contributed by atoms with Gasteiger partial charge >= 0.3 is 0 Å². The molecule has 2 heterocycles. The Bertz CT molecular complexity index is 875. The van der Waals surface area contributed by atoms with Crippen LogP contribution in [-0.4, -0.2) is 29.0 Å². The summed E-state index contributed by atoms with van der Waals surface area (Å²) in [7, 11) is 0. The monoisotopic (exact) mass is 375 g/mol. The normalized spacial score (nSPS) is 10.4. The van der Waals surface area contributed by atoms with Crippen molar-refractivity contribution in [3.63, 3.8) is 0 Å². The Hall–Kier alpha value is -3.41. The molecular weight excluding hydrogens is 350 g/mol. The maximum atomic E-state index is 12.4. The van der Waals surface area contributed by atoms with E-state index >= 15 is 0 Å². The number of carbonyl (C=O) groups is 1. The molecule has 0 aliphatic heterocycles. The van der Waals surface area contributed by atoms with Crippen LogP contribution >= 0.6 is 0 Å². The first-order valence-electron chi connectivity index (χ1n) is 9.44. The van der Waals surface area contributed by atoms with Crippen molar-refractivity contribution in [3.05, 3.63) is 78.4 Å². The van der Waals surface area contributed by atoms with Crippen molar-refractivity contribution in [1.82, 2.24) is 9.97 Å². The van der Waals surface area contributed by atoms with Crippen molar-refractivity contribution < 1.29 is 4.79 Å². The van der Waals surface area contributed by atoms with Gasteiger partial charge in [-0.1, -0.05) is 0 Å². The van der Waals surface area contributed by atoms with Crippen molar-refractivity contribution in [2.24, 2.45) is 0 Å². The molecule has 1 aromatic carbocycles. The third-order valence-electron chi connectivity index (χ3n) is 4.50. The highest BCUT2D eigenvalue weighted by molar-refractivity contribution is 6.03. The van der Waals surface area contributed by atoms with E-state index in [1.807, 2.05) is 42.5 Å². The van der Waals surface area contributed by atoms with Crippen molar-refractivity contribution in [2.75, 3.05) is 28.6 Å². The lowest BCUT2D eigenvalue weighted by Crippen LogP contribution is -2.21. The molecule has 0 unspecified atom stereocenters. The molecule has 28 heavy (non-hydrogen) atoms. The quantitative estimate of drug-likeness (QED) is 0.618. The predicted molar refractivity (Wildman–Crippen MR) is 114 cm³/mol. The molecule has 6 nitrogen and oxygen atoms in total. The lowest BCUT2D eigenvalue weighted by Gasteiger charge is -2.21. The van der Waals surface area contributed by atoms with Crippen LogP contribution in [0.2, 0.25) is 0 Å². The number of nitrogens with zero attached hydrogens (tertiary/aromatic N) is 3. The van der Waals surface area contributed by atoms with Gasteiger partial charge in [0.1, 0.15) is 5.69 Å². The zero-order chi connectivity index (χ0) is 19.8. The van der Waals surface area contributed by atoms with Gasteiger partial charge in [0.15, 0.2) is 0 Å². The van der Waals surface area contributed by atoms with Crippen molar-refractivity contribution in [2.45, 2.75) is 20.4 Å². The Morgan fingerprint density at radius 3 is 2.21 bits per heavy atom. The van der Waals surface area contributed by atoms with E-state index in [0.717, 1.165) is 35.7 Å². The molecule has 3 aromatic rings.